The summed E-state index contributed by atoms with van der Waals surface area (Å²) >= 11 is 0. The highest BCUT2D eigenvalue weighted by Crippen LogP contribution is 2.11. The molecule has 0 radical (unpaired) electrons. The van der Waals surface area contributed by atoms with Crippen LogP contribution in [0.15, 0.2) is 54.6 Å². The van der Waals surface area contributed by atoms with Crippen molar-refractivity contribution in [3.8, 4) is 0 Å². The molecule has 92 valence electrons. The van der Waals surface area contributed by atoms with E-state index in [1.807, 2.05) is 6.07 Å². The zero-order valence-corrected chi connectivity index (χ0v) is 10.2. The lowest BCUT2D eigenvalue weighted by atomic mass is 10.0. The highest BCUT2D eigenvalue weighted by Gasteiger charge is 2.09. The van der Waals surface area contributed by atoms with Gasteiger partial charge in [0.2, 0.25) is 0 Å². The largest absolute Gasteiger partial charge is 0.478 e. The molecule has 0 aromatic heterocycles. The first-order valence-corrected chi connectivity index (χ1v) is 5.11. The predicted molar refractivity (Wildman–Crippen MR) is 70.5 cm³/mol. The lowest BCUT2D eigenvalue weighted by molar-refractivity contribution is 0.0696. The van der Waals surface area contributed by atoms with Gasteiger partial charge in [0.15, 0.2) is 5.78 Å². The molecule has 0 saturated carbocycles. The molecule has 0 saturated heterocycles. The second kappa shape index (κ2) is 5.98. The van der Waals surface area contributed by atoms with E-state index in [-0.39, 0.29) is 23.8 Å². The Hall–Kier alpha value is -2.13. The summed E-state index contributed by atoms with van der Waals surface area (Å²) in [5.74, 6) is -1.11. The Balaban J connectivity index is 0.00000162. The molecule has 2 rings (SSSR count). The molecule has 0 spiro atoms. The number of aromatic carboxylic acids is 1. The van der Waals surface area contributed by atoms with Gasteiger partial charge in [-0.05, 0) is 12.1 Å². The molecule has 3 nitrogen and oxygen atoms in total. The van der Waals surface area contributed by atoms with Crippen molar-refractivity contribution < 1.29 is 14.7 Å². The summed E-state index contributed by atoms with van der Waals surface area (Å²) in [4.78, 5) is 22.6. The number of hydrogen-bond acceptors (Lipinski definition) is 2. The Labute approximate surface area is 110 Å². The van der Waals surface area contributed by atoms with E-state index in [1.165, 1.54) is 24.3 Å². The fourth-order valence-corrected chi connectivity index (χ4v) is 1.52. The van der Waals surface area contributed by atoms with Crippen LogP contribution in [0.3, 0.4) is 0 Å². The molecular weight excluding hydrogens is 252 g/mol. The van der Waals surface area contributed by atoms with Crippen LogP contribution in [0.4, 0.5) is 0 Å². The van der Waals surface area contributed by atoms with Crippen molar-refractivity contribution >= 4 is 24.2 Å². The first-order valence-electron chi connectivity index (χ1n) is 5.11. The third kappa shape index (κ3) is 2.96. The second-order valence-electron chi connectivity index (χ2n) is 3.58. The maximum atomic E-state index is 12.0. The Morgan fingerprint density at radius 1 is 0.722 bits per heavy atom. The topological polar surface area (TPSA) is 54.4 Å². The second-order valence-corrected chi connectivity index (χ2v) is 3.58. The molecule has 0 aliphatic carbocycles. The standard InChI is InChI=1S/C14H10O3.ClH/c15-13(10-4-2-1-3-5-10)11-6-8-12(9-7-11)14(16)17;/h1-9H,(H,16,17);1H. The van der Waals surface area contributed by atoms with Gasteiger partial charge >= 0.3 is 5.97 Å². The fourth-order valence-electron chi connectivity index (χ4n) is 1.52. The highest BCUT2D eigenvalue weighted by molar-refractivity contribution is 6.09. The Bertz CT molecular complexity index is 547. The SMILES string of the molecule is Cl.O=C(O)c1ccc(C(=O)c2ccccc2)cc1. The Morgan fingerprint density at radius 3 is 1.67 bits per heavy atom. The number of ketones is 1. The zero-order chi connectivity index (χ0) is 12.3. The molecule has 1 N–H and O–H groups in total. The molecule has 4 heteroatoms. The van der Waals surface area contributed by atoms with Gasteiger partial charge in [0, 0.05) is 11.1 Å². The molecule has 0 amide bonds. The van der Waals surface area contributed by atoms with Crippen molar-refractivity contribution in [1.29, 1.82) is 0 Å². The quantitative estimate of drug-likeness (QED) is 0.865. The number of carboxylic acids is 1. The molecule has 0 atom stereocenters. The molecule has 2 aromatic rings. The van der Waals surface area contributed by atoms with Crippen molar-refractivity contribution in [1.82, 2.24) is 0 Å². The summed E-state index contributed by atoms with van der Waals surface area (Å²) in [6.45, 7) is 0. The average Bonchev–Trinajstić information content (AvgIpc) is 2.39. The van der Waals surface area contributed by atoms with Crippen LogP contribution in [0.5, 0.6) is 0 Å². The first-order chi connectivity index (χ1) is 8.18. The van der Waals surface area contributed by atoms with E-state index >= 15 is 0 Å². The molecule has 0 bridgehead atoms. The van der Waals surface area contributed by atoms with Crippen molar-refractivity contribution in [3.63, 3.8) is 0 Å². The minimum Gasteiger partial charge on any atom is -0.478 e. The summed E-state index contributed by atoms with van der Waals surface area (Å²) in [5, 5.41) is 8.75. The molecule has 0 aliphatic rings. The predicted octanol–water partition coefficient (Wildman–Crippen LogP) is 3.04. The highest BCUT2D eigenvalue weighted by atomic mass is 35.5. The third-order valence-electron chi connectivity index (χ3n) is 2.43. The van der Waals surface area contributed by atoms with Crippen molar-refractivity contribution in [2.24, 2.45) is 0 Å². The minimum absolute atomic E-state index is 0. The van der Waals surface area contributed by atoms with E-state index in [0.717, 1.165) is 0 Å². The van der Waals surface area contributed by atoms with Gasteiger partial charge in [0.25, 0.3) is 0 Å². The molecule has 18 heavy (non-hydrogen) atoms. The van der Waals surface area contributed by atoms with Crippen LogP contribution in [0.25, 0.3) is 0 Å². The summed E-state index contributed by atoms with van der Waals surface area (Å²) in [6, 6.07) is 14.8. The van der Waals surface area contributed by atoms with Gasteiger partial charge in [-0.25, -0.2) is 4.79 Å². The number of carbonyl (C=O) groups excluding carboxylic acids is 1. The summed E-state index contributed by atoms with van der Waals surface area (Å²) in [6.07, 6.45) is 0. The van der Waals surface area contributed by atoms with Crippen molar-refractivity contribution in [2.45, 2.75) is 0 Å². The summed E-state index contributed by atoms with van der Waals surface area (Å²) in [5.41, 5.74) is 1.26. The molecule has 0 unspecified atom stereocenters. The smallest absolute Gasteiger partial charge is 0.335 e. The molecule has 0 aliphatic heterocycles. The van der Waals surface area contributed by atoms with Crippen LogP contribution in [0.1, 0.15) is 26.3 Å². The lowest BCUT2D eigenvalue weighted by Gasteiger charge is -2.01. The van der Waals surface area contributed by atoms with Gasteiger partial charge in [-0.2, -0.15) is 0 Å². The van der Waals surface area contributed by atoms with Gasteiger partial charge in [0.05, 0.1) is 5.56 Å². The molecule has 0 heterocycles. The molecule has 2 aromatic carbocycles. The van der Waals surface area contributed by atoms with Gasteiger partial charge in [-0.3, -0.25) is 4.79 Å². The number of carbonyl (C=O) groups is 2. The van der Waals surface area contributed by atoms with Crippen LogP contribution in [-0.2, 0) is 0 Å². The van der Waals surface area contributed by atoms with E-state index < -0.39 is 5.97 Å². The van der Waals surface area contributed by atoms with Crippen LogP contribution < -0.4 is 0 Å². The number of benzene rings is 2. The van der Waals surface area contributed by atoms with E-state index in [1.54, 1.807) is 24.3 Å². The third-order valence-corrected chi connectivity index (χ3v) is 2.43. The van der Waals surface area contributed by atoms with E-state index in [2.05, 4.69) is 0 Å². The van der Waals surface area contributed by atoms with Crippen molar-refractivity contribution in [3.05, 3.63) is 71.3 Å². The van der Waals surface area contributed by atoms with Crippen molar-refractivity contribution in [2.75, 3.05) is 0 Å². The number of halogens is 1. The van der Waals surface area contributed by atoms with Crippen LogP contribution >= 0.6 is 12.4 Å². The minimum atomic E-state index is -0.997. The fraction of sp³-hybridized carbons (Fsp3) is 0. The summed E-state index contributed by atoms with van der Waals surface area (Å²) in [7, 11) is 0. The van der Waals surface area contributed by atoms with Gasteiger partial charge in [0.1, 0.15) is 0 Å². The lowest BCUT2D eigenvalue weighted by Crippen LogP contribution is -2.02. The van der Waals surface area contributed by atoms with Crippen LogP contribution in [0, 0.1) is 0 Å². The van der Waals surface area contributed by atoms with E-state index in [4.69, 9.17) is 5.11 Å². The zero-order valence-electron chi connectivity index (χ0n) is 9.37. The van der Waals surface area contributed by atoms with Crippen LogP contribution in [0.2, 0.25) is 0 Å². The van der Waals surface area contributed by atoms with Gasteiger partial charge < -0.3 is 5.11 Å². The Morgan fingerprint density at radius 2 is 1.17 bits per heavy atom. The molecular formula is C14H11ClO3. The number of hydrogen-bond donors (Lipinski definition) is 1. The first kappa shape index (κ1) is 13.9. The van der Waals surface area contributed by atoms with Crippen LogP contribution in [-0.4, -0.2) is 16.9 Å². The Kier molecular flexibility index (Phi) is 4.63. The van der Waals surface area contributed by atoms with E-state index in [0.29, 0.717) is 11.1 Å². The normalized spacial score (nSPS) is 9.33. The average molecular weight is 263 g/mol. The maximum Gasteiger partial charge on any atom is 0.335 e. The maximum absolute atomic E-state index is 12.0. The van der Waals surface area contributed by atoms with Gasteiger partial charge in [-0.15, -0.1) is 12.4 Å². The monoisotopic (exact) mass is 262 g/mol. The molecule has 0 fully saturated rings. The van der Waals surface area contributed by atoms with E-state index in [9.17, 15) is 9.59 Å². The number of carboxylic acid groups (broad SMARTS) is 1. The summed E-state index contributed by atoms with van der Waals surface area (Å²) < 4.78 is 0. The number of rotatable bonds is 3. The van der Waals surface area contributed by atoms with Gasteiger partial charge in [-0.1, -0.05) is 42.5 Å².